The maximum atomic E-state index is 13.9. The Kier molecular flexibility index (Phi) is 6.07. The second-order valence-corrected chi connectivity index (χ2v) is 7.75. The van der Waals surface area contributed by atoms with Crippen molar-refractivity contribution < 1.29 is 18.7 Å². The van der Waals surface area contributed by atoms with Gasteiger partial charge < -0.3 is 4.74 Å². The molecule has 156 valence electrons. The zero-order valence-corrected chi connectivity index (χ0v) is 17.7. The molecule has 3 aromatic carbocycles. The third-order valence-electron chi connectivity index (χ3n) is 4.80. The van der Waals surface area contributed by atoms with Crippen LogP contribution in [0.1, 0.15) is 16.7 Å². The van der Waals surface area contributed by atoms with E-state index in [0.717, 1.165) is 5.56 Å². The van der Waals surface area contributed by atoms with E-state index in [2.05, 4.69) is 0 Å². The van der Waals surface area contributed by atoms with Crippen LogP contribution in [0.25, 0.3) is 11.6 Å². The molecule has 0 bridgehead atoms. The quantitative estimate of drug-likeness (QED) is 0.362. The first-order valence-electron chi connectivity index (χ1n) is 9.40. The van der Waals surface area contributed by atoms with Crippen LogP contribution in [0.15, 0.2) is 66.7 Å². The van der Waals surface area contributed by atoms with E-state index in [0.29, 0.717) is 32.4 Å². The number of anilines is 1. The number of hydrogen-bond donors (Lipinski definition) is 0. The predicted molar refractivity (Wildman–Crippen MR) is 119 cm³/mol. The van der Waals surface area contributed by atoms with Crippen molar-refractivity contribution in [2.24, 2.45) is 0 Å². The average molecular weight is 456 g/mol. The lowest BCUT2D eigenvalue weighted by Gasteiger charge is -2.16. The third-order valence-corrected chi connectivity index (χ3v) is 5.54. The van der Waals surface area contributed by atoms with E-state index in [1.807, 2.05) is 30.3 Å². The Bertz CT molecular complexity index is 1190. The molecule has 0 fully saturated rings. The van der Waals surface area contributed by atoms with Gasteiger partial charge in [-0.1, -0.05) is 59.6 Å². The summed E-state index contributed by atoms with van der Waals surface area (Å²) in [5, 5.41) is 0.744. The van der Waals surface area contributed by atoms with Crippen molar-refractivity contribution in [2.75, 3.05) is 11.4 Å². The van der Waals surface area contributed by atoms with E-state index in [-0.39, 0.29) is 13.2 Å². The Morgan fingerprint density at radius 2 is 1.77 bits per heavy atom. The van der Waals surface area contributed by atoms with Gasteiger partial charge in [0, 0.05) is 11.1 Å². The first-order chi connectivity index (χ1) is 14.9. The molecule has 0 radical (unpaired) electrons. The van der Waals surface area contributed by atoms with E-state index in [4.69, 9.17) is 27.9 Å². The van der Waals surface area contributed by atoms with Crippen LogP contribution in [0.3, 0.4) is 0 Å². The predicted octanol–water partition coefficient (Wildman–Crippen LogP) is 5.76. The molecule has 0 aliphatic carbocycles. The van der Waals surface area contributed by atoms with Gasteiger partial charge in [0.1, 0.15) is 19.0 Å². The van der Waals surface area contributed by atoms with Crippen molar-refractivity contribution in [2.45, 2.75) is 6.61 Å². The van der Waals surface area contributed by atoms with E-state index in [1.54, 1.807) is 24.3 Å². The smallest absolute Gasteiger partial charge is 0.326 e. The van der Waals surface area contributed by atoms with Crippen molar-refractivity contribution in [1.29, 1.82) is 0 Å². The van der Waals surface area contributed by atoms with Gasteiger partial charge in [-0.2, -0.15) is 0 Å². The number of rotatable bonds is 5. The number of fused-ring (bicyclic) bond motifs is 1. The number of carbonyl (C=O) groups is 2. The third kappa shape index (κ3) is 4.63. The van der Waals surface area contributed by atoms with Gasteiger partial charge in [-0.25, -0.2) is 4.39 Å². The number of amides is 1. The maximum absolute atomic E-state index is 13.9. The number of benzene rings is 3. The topological polar surface area (TPSA) is 46.6 Å². The van der Waals surface area contributed by atoms with Crippen molar-refractivity contribution in [1.82, 2.24) is 0 Å². The highest BCUT2D eigenvalue weighted by molar-refractivity contribution is 6.42. The highest BCUT2D eigenvalue weighted by atomic mass is 35.5. The van der Waals surface area contributed by atoms with Crippen LogP contribution in [-0.2, 0) is 20.9 Å². The van der Waals surface area contributed by atoms with E-state index in [9.17, 15) is 14.0 Å². The standard InChI is InChI=1S/C24H16Cl2FNO3/c25-20-9-6-16(11-21(20)26)10-19-18-8-7-17(27)12-22(18)28(24(19)30)13-23(29)31-14-15-4-2-1-3-5-15/h1-12H,13-14H2/b19-10-. The summed E-state index contributed by atoms with van der Waals surface area (Å²) >= 11 is 12.0. The Balaban J connectivity index is 1.59. The fraction of sp³-hybridized carbons (Fsp3) is 0.0833. The molecule has 0 spiro atoms. The first kappa shape index (κ1) is 21.1. The molecule has 4 nitrogen and oxygen atoms in total. The lowest BCUT2D eigenvalue weighted by atomic mass is 10.0. The van der Waals surface area contributed by atoms with Gasteiger partial charge in [0.15, 0.2) is 0 Å². The van der Waals surface area contributed by atoms with Gasteiger partial charge in [0.25, 0.3) is 5.91 Å². The van der Waals surface area contributed by atoms with Gasteiger partial charge in [0.2, 0.25) is 0 Å². The van der Waals surface area contributed by atoms with Crippen molar-refractivity contribution in [3.63, 3.8) is 0 Å². The molecule has 0 unspecified atom stereocenters. The lowest BCUT2D eigenvalue weighted by molar-refractivity contribution is -0.143. The van der Waals surface area contributed by atoms with Gasteiger partial charge >= 0.3 is 5.97 Å². The SMILES string of the molecule is O=C(CN1C(=O)/C(=C\c2ccc(Cl)c(Cl)c2)c2ccc(F)cc21)OCc1ccccc1. The number of nitrogens with zero attached hydrogens (tertiary/aromatic N) is 1. The second-order valence-electron chi connectivity index (χ2n) is 6.93. The largest absolute Gasteiger partial charge is 0.459 e. The van der Waals surface area contributed by atoms with Crippen LogP contribution in [0.2, 0.25) is 10.0 Å². The fourth-order valence-corrected chi connectivity index (χ4v) is 3.61. The second kappa shape index (κ2) is 8.92. The monoisotopic (exact) mass is 455 g/mol. The Labute approximate surface area is 188 Å². The van der Waals surface area contributed by atoms with Crippen LogP contribution in [0.5, 0.6) is 0 Å². The molecule has 3 aromatic rings. The minimum absolute atomic E-state index is 0.0870. The molecule has 4 rings (SSSR count). The molecule has 1 aliphatic heterocycles. The zero-order chi connectivity index (χ0) is 22.0. The summed E-state index contributed by atoms with van der Waals surface area (Å²) in [4.78, 5) is 26.7. The van der Waals surface area contributed by atoms with Crippen LogP contribution < -0.4 is 4.90 Å². The van der Waals surface area contributed by atoms with Crippen molar-refractivity contribution >= 4 is 52.4 Å². The molecule has 0 saturated heterocycles. The molecular formula is C24H16Cl2FNO3. The highest BCUT2D eigenvalue weighted by Crippen LogP contribution is 2.38. The average Bonchev–Trinajstić information content (AvgIpc) is 3.00. The van der Waals surface area contributed by atoms with Crippen LogP contribution in [0, 0.1) is 5.82 Å². The van der Waals surface area contributed by atoms with Crippen LogP contribution in [0.4, 0.5) is 10.1 Å². The number of carbonyl (C=O) groups excluding carboxylic acids is 2. The summed E-state index contributed by atoms with van der Waals surface area (Å²) in [5.41, 5.74) is 2.64. The molecule has 1 amide bonds. The Morgan fingerprint density at radius 3 is 2.52 bits per heavy atom. The molecular weight excluding hydrogens is 440 g/mol. The molecule has 0 saturated carbocycles. The number of halogens is 3. The minimum Gasteiger partial charge on any atom is -0.459 e. The molecule has 7 heteroatoms. The normalized spacial score (nSPS) is 14.1. The Hall–Kier alpha value is -3.15. The summed E-state index contributed by atoms with van der Waals surface area (Å²) < 4.78 is 19.2. The highest BCUT2D eigenvalue weighted by Gasteiger charge is 2.34. The summed E-state index contributed by atoms with van der Waals surface area (Å²) in [6.07, 6.45) is 1.64. The van der Waals surface area contributed by atoms with Gasteiger partial charge in [-0.05, 0) is 47.5 Å². The molecule has 1 aliphatic rings. The molecule has 31 heavy (non-hydrogen) atoms. The van der Waals surface area contributed by atoms with Gasteiger partial charge in [-0.15, -0.1) is 0 Å². The van der Waals surface area contributed by atoms with E-state index in [1.165, 1.54) is 23.1 Å². The molecule has 0 atom stereocenters. The number of hydrogen-bond acceptors (Lipinski definition) is 3. The van der Waals surface area contributed by atoms with Crippen LogP contribution >= 0.6 is 23.2 Å². The minimum atomic E-state index is -0.594. The van der Waals surface area contributed by atoms with Gasteiger partial charge in [0.05, 0.1) is 15.7 Å². The first-order valence-corrected chi connectivity index (χ1v) is 10.2. The van der Waals surface area contributed by atoms with E-state index >= 15 is 0 Å². The summed E-state index contributed by atoms with van der Waals surface area (Å²) in [6, 6.07) is 18.2. The molecule has 0 N–H and O–H groups in total. The summed E-state index contributed by atoms with van der Waals surface area (Å²) in [5.74, 6) is -1.53. The zero-order valence-electron chi connectivity index (χ0n) is 16.1. The van der Waals surface area contributed by atoms with Crippen molar-refractivity contribution in [3.8, 4) is 0 Å². The summed E-state index contributed by atoms with van der Waals surface area (Å²) in [7, 11) is 0. The van der Waals surface area contributed by atoms with Crippen LogP contribution in [-0.4, -0.2) is 18.4 Å². The van der Waals surface area contributed by atoms with Gasteiger partial charge in [-0.3, -0.25) is 14.5 Å². The fourth-order valence-electron chi connectivity index (χ4n) is 3.30. The van der Waals surface area contributed by atoms with E-state index < -0.39 is 17.7 Å². The number of esters is 1. The molecule has 0 aromatic heterocycles. The summed E-state index contributed by atoms with van der Waals surface area (Å²) in [6.45, 7) is -0.246. The molecule has 1 heterocycles. The maximum Gasteiger partial charge on any atom is 0.326 e. The number of ether oxygens (including phenoxy) is 1. The lowest BCUT2D eigenvalue weighted by Crippen LogP contribution is -2.33. The Morgan fingerprint density at radius 1 is 1.00 bits per heavy atom. The van der Waals surface area contributed by atoms with Crippen molar-refractivity contribution in [3.05, 3.63) is 99.3 Å².